The third-order valence-corrected chi connectivity index (χ3v) is 2.86. The molecule has 5 heteroatoms. The lowest BCUT2D eigenvalue weighted by molar-refractivity contribution is 0.241. The van der Waals surface area contributed by atoms with Crippen molar-refractivity contribution in [2.75, 3.05) is 11.9 Å². The van der Waals surface area contributed by atoms with Gasteiger partial charge in [-0.05, 0) is 38.0 Å². The summed E-state index contributed by atoms with van der Waals surface area (Å²) in [6.45, 7) is 3.73. The van der Waals surface area contributed by atoms with Crippen LogP contribution in [0, 0.1) is 6.92 Å². The summed E-state index contributed by atoms with van der Waals surface area (Å²) in [5.41, 5.74) is 1.52. The monoisotopic (exact) mass is 256 g/mol. The van der Waals surface area contributed by atoms with Crippen molar-refractivity contribution in [3.05, 3.63) is 28.8 Å². The van der Waals surface area contributed by atoms with Gasteiger partial charge < -0.3 is 15.7 Å². The predicted molar refractivity (Wildman–Crippen MR) is 69.5 cm³/mol. The SMILES string of the molecule is Cc1c(Cl)cccc1NC(=O)N[C@H](C)CCO. The van der Waals surface area contributed by atoms with Gasteiger partial charge in [0, 0.05) is 23.4 Å². The van der Waals surface area contributed by atoms with E-state index in [-0.39, 0.29) is 18.7 Å². The average Bonchev–Trinajstić information content (AvgIpc) is 2.25. The topological polar surface area (TPSA) is 61.4 Å². The first-order valence-electron chi connectivity index (χ1n) is 5.48. The van der Waals surface area contributed by atoms with Crippen molar-refractivity contribution in [2.45, 2.75) is 26.3 Å². The van der Waals surface area contributed by atoms with Crippen LogP contribution in [0.2, 0.25) is 5.02 Å². The second-order valence-electron chi connectivity index (χ2n) is 3.92. The Balaban J connectivity index is 2.59. The number of carbonyl (C=O) groups excluding carboxylic acids is 1. The van der Waals surface area contributed by atoms with Gasteiger partial charge in [-0.15, -0.1) is 0 Å². The van der Waals surface area contributed by atoms with E-state index in [2.05, 4.69) is 10.6 Å². The van der Waals surface area contributed by atoms with Crippen LogP contribution in [0.15, 0.2) is 18.2 Å². The van der Waals surface area contributed by atoms with Crippen LogP contribution < -0.4 is 10.6 Å². The Hall–Kier alpha value is -1.26. The van der Waals surface area contributed by atoms with Crippen LogP contribution in [-0.4, -0.2) is 23.8 Å². The number of nitrogens with one attached hydrogen (secondary N) is 2. The molecule has 0 fully saturated rings. The second kappa shape index (κ2) is 6.47. The maximum atomic E-state index is 11.6. The summed E-state index contributed by atoms with van der Waals surface area (Å²) in [7, 11) is 0. The Labute approximate surface area is 106 Å². The van der Waals surface area contributed by atoms with Crippen LogP contribution in [0.1, 0.15) is 18.9 Å². The van der Waals surface area contributed by atoms with Crippen molar-refractivity contribution in [1.82, 2.24) is 5.32 Å². The highest BCUT2D eigenvalue weighted by Gasteiger charge is 2.09. The van der Waals surface area contributed by atoms with E-state index in [4.69, 9.17) is 16.7 Å². The number of carbonyl (C=O) groups is 1. The molecule has 0 saturated heterocycles. The Morgan fingerprint density at radius 1 is 1.53 bits per heavy atom. The number of anilines is 1. The van der Waals surface area contributed by atoms with E-state index in [9.17, 15) is 4.79 Å². The fraction of sp³-hybridized carbons (Fsp3) is 0.417. The molecule has 0 heterocycles. The molecular weight excluding hydrogens is 240 g/mol. The molecule has 0 radical (unpaired) electrons. The van der Waals surface area contributed by atoms with E-state index in [1.54, 1.807) is 18.2 Å². The van der Waals surface area contributed by atoms with Crippen molar-refractivity contribution in [1.29, 1.82) is 0 Å². The van der Waals surface area contributed by atoms with Gasteiger partial charge in [-0.25, -0.2) is 4.79 Å². The number of benzene rings is 1. The van der Waals surface area contributed by atoms with Crippen LogP contribution >= 0.6 is 11.6 Å². The van der Waals surface area contributed by atoms with Gasteiger partial charge in [0.2, 0.25) is 0 Å². The molecule has 0 spiro atoms. The van der Waals surface area contributed by atoms with E-state index in [1.165, 1.54) is 0 Å². The lowest BCUT2D eigenvalue weighted by Crippen LogP contribution is -2.36. The highest BCUT2D eigenvalue weighted by molar-refractivity contribution is 6.31. The second-order valence-corrected chi connectivity index (χ2v) is 4.33. The zero-order chi connectivity index (χ0) is 12.8. The van der Waals surface area contributed by atoms with E-state index < -0.39 is 0 Å². The zero-order valence-corrected chi connectivity index (χ0v) is 10.7. The first-order valence-corrected chi connectivity index (χ1v) is 5.86. The number of aliphatic hydroxyl groups excluding tert-OH is 1. The lowest BCUT2D eigenvalue weighted by atomic mass is 10.2. The maximum absolute atomic E-state index is 11.6. The van der Waals surface area contributed by atoms with Gasteiger partial charge in [-0.3, -0.25) is 0 Å². The van der Waals surface area contributed by atoms with Gasteiger partial charge >= 0.3 is 6.03 Å². The highest BCUT2D eigenvalue weighted by Crippen LogP contribution is 2.22. The molecule has 1 rings (SSSR count). The minimum absolute atomic E-state index is 0.0532. The third-order valence-electron chi connectivity index (χ3n) is 2.46. The number of hydrogen-bond donors (Lipinski definition) is 3. The normalized spacial score (nSPS) is 12.0. The molecule has 17 heavy (non-hydrogen) atoms. The molecule has 0 aliphatic heterocycles. The molecule has 0 aromatic heterocycles. The maximum Gasteiger partial charge on any atom is 0.319 e. The predicted octanol–water partition coefficient (Wildman–Crippen LogP) is 2.54. The Kier molecular flexibility index (Phi) is 5.25. The molecule has 0 bridgehead atoms. The van der Waals surface area contributed by atoms with Crippen LogP contribution in [0.3, 0.4) is 0 Å². The van der Waals surface area contributed by atoms with Gasteiger partial charge in [0.1, 0.15) is 0 Å². The van der Waals surface area contributed by atoms with Gasteiger partial charge in [0.25, 0.3) is 0 Å². The number of halogens is 1. The summed E-state index contributed by atoms with van der Waals surface area (Å²) in [6, 6.07) is 4.98. The Bertz CT molecular complexity index is 396. The summed E-state index contributed by atoms with van der Waals surface area (Å²) >= 11 is 5.95. The molecule has 1 aromatic carbocycles. The average molecular weight is 257 g/mol. The number of urea groups is 1. The molecule has 3 N–H and O–H groups in total. The van der Waals surface area contributed by atoms with Crippen LogP contribution in [0.4, 0.5) is 10.5 Å². The first-order chi connectivity index (χ1) is 8.04. The molecule has 0 aliphatic carbocycles. The molecule has 1 aromatic rings. The van der Waals surface area contributed by atoms with Gasteiger partial charge in [0.05, 0.1) is 0 Å². The Morgan fingerprint density at radius 3 is 2.88 bits per heavy atom. The molecule has 4 nitrogen and oxygen atoms in total. The van der Waals surface area contributed by atoms with Crippen molar-refractivity contribution < 1.29 is 9.90 Å². The van der Waals surface area contributed by atoms with E-state index in [0.29, 0.717) is 17.1 Å². The van der Waals surface area contributed by atoms with Crippen molar-refractivity contribution >= 4 is 23.3 Å². The summed E-state index contributed by atoms with van der Waals surface area (Å²) in [5.74, 6) is 0. The minimum Gasteiger partial charge on any atom is -0.396 e. The first kappa shape index (κ1) is 13.8. The number of aliphatic hydroxyl groups is 1. The third kappa shape index (κ3) is 4.24. The number of rotatable bonds is 4. The van der Waals surface area contributed by atoms with E-state index >= 15 is 0 Å². The minimum atomic E-state index is -0.295. The smallest absolute Gasteiger partial charge is 0.319 e. The van der Waals surface area contributed by atoms with Gasteiger partial charge in [-0.1, -0.05) is 17.7 Å². The van der Waals surface area contributed by atoms with Gasteiger partial charge in [0.15, 0.2) is 0 Å². The molecule has 94 valence electrons. The van der Waals surface area contributed by atoms with Gasteiger partial charge in [-0.2, -0.15) is 0 Å². The highest BCUT2D eigenvalue weighted by atomic mass is 35.5. The quantitative estimate of drug-likeness (QED) is 0.775. The van der Waals surface area contributed by atoms with Crippen LogP contribution in [0.5, 0.6) is 0 Å². The molecular formula is C12H17ClN2O2. The zero-order valence-electron chi connectivity index (χ0n) is 9.96. The fourth-order valence-electron chi connectivity index (χ4n) is 1.39. The van der Waals surface area contributed by atoms with E-state index in [1.807, 2.05) is 13.8 Å². The summed E-state index contributed by atoms with van der Waals surface area (Å²) in [5, 5.41) is 14.8. The largest absolute Gasteiger partial charge is 0.396 e. The lowest BCUT2D eigenvalue weighted by Gasteiger charge is -2.14. The Morgan fingerprint density at radius 2 is 2.24 bits per heavy atom. The molecule has 0 aliphatic rings. The fourth-order valence-corrected chi connectivity index (χ4v) is 1.57. The molecule has 1 atom stereocenters. The van der Waals surface area contributed by atoms with Crippen LogP contribution in [-0.2, 0) is 0 Å². The molecule has 0 unspecified atom stereocenters. The number of hydrogen-bond acceptors (Lipinski definition) is 2. The van der Waals surface area contributed by atoms with Crippen molar-refractivity contribution in [3.8, 4) is 0 Å². The summed E-state index contributed by atoms with van der Waals surface area (Å²) in [6.07, 6.45) is 0.530. The number of amides is 2. The van der Waals surface area contributed by atoms with Crippen LogP contribution in [0.25, 0.3) is 0 Å². The van der Waals surface area contributed by atoms with E-state index in [0.717, 1.165) is 5.56 Å². The standard InChI is InChI=1S/C12H17ClN2O2/c1-8(6-7-16)14-12(17)15-11-5-3-4-10(13)9(11)2/h3-5,8,16H,6-7H2,1-2H3,(H2,14,15,17)/t8-/m1/s1. The molecule has 0 saturated carbocycles. The molecule has 2 amide bonds. The van der Waals surface area contributed by atoms with Crippen molar-refractivity contribution in [3.63, 3.8) is 0 Å². The summed E-state index contributed by atoms with van der Waals surface area (Å²) in [4.78, 5) is 11.6. The summed E-state index contributed by atoms with van der Waals surface area (Å²) < 4.78 is 0. The van der Waals surface area contributed by atoms with Crippen molar-refractivity contribution in [2.24, 2.45) is 0 Å².